The molecule has 0 aromatic heterocycles. The fraction of sp³-hybridized carbons (Fsp3) is 0.611. The lowest BCUT2D eigenvalue weighted by Crippen LogP contribution is -2.56. The number of carbonyl (C=O) groups is 1. The van der Waals surface area contributed by atoms with Gasteiger partial charge in [0.15, 0.2) is 0 Å². The summed E-state index contributed by atoms with van der Waals surface area (Å²) in [7, 11) is 0. The first kappa shape index (κ1) is 16.7. The van der Waals surface area contributed by atoms with Crippen LogP contribution in [-0.4, -0.2) is 29.3 Å². The van der Waals surface area contributed by atoms with E-state index < -0.39 is 11.5 Å². The maximum absolute atomic E-state index is 11.7. The molecule has 4 heteroatoms. The first-order chi connectivity index (χ1) is 10.1. The van der Waals surface area contributed by atoms with Gasteiger partial charge in [-0.15, -0.1) is 0 Å². The van der Waals surface area contributed by atoms with Crippen molar-refractivity contribution in [3.05, 3.63) is 23.8 Å². The molecule has 1 aromatic rings. The Bertz CT molecular complexity index is 563. The summed E-state index contributed by atoms with van der Waals surface area (Å²) >= 11 is 0. The van der Waals surface area contributed by atoms with Gasteiger partial charge in [0.2, 0.25) is 0 Å². The van der Waals surface area contributed by atoms with E-state index in [0.29, 0.717) is 18.4 Å². The van der Waals surface area contributed by atoms with E-state index >= 15 is 0 Å². The van der Waals surface area contributed by atoms with Crippen molar-refractivity contribution in [3.63, 3.8) is 0 Å². The zero-order chi connectivity index (χ0) is 16.7. The summed E-state index contributed by atoms with van der Waals surface area (Å²) in [5.74, 6) is 0.675. The van der Waals surface area contributed by atoms with Crippen molar-refractivity contribution >= 4 is 11.7 Å². The fourth-order valence-corrected chi connectivity index (χ4v) is 2.67. The third-order valence-electron chi connectivity index (χ3n) is 4.52. The van der Waals surface area contributed by atoms with Crippen molar-refractivity contribution in [3.8, 4) is 5.75 Å². The quantitative estimate of drug-likeness (QED) is 0.916. The Labute approximate surface area is 133 Å². The molecule has 1 aliphatic heterocycles. The topological polar surface area (TPSA) is 49.8 Å². The maximum atomic E-state index is 11.7. The van der Waals surface area contributed by atoms with Gasteiger partial charge in [0.05, 0.1) is 12.2 Å². The number of aliphatic carboxylic acids is 1. The van der Waals surface area contributed by atoms with E-state index in [1.54, 1.807) is 13.8 Å². The molecular weight excluding hydrogens is 278 g/mol. The third kappa shape index (κ3) is 2.92. The summed E-state index contributed by atoms with van der Waals surface area (Å²) in [5.41, 5.74) is 1.10. The van der Waals surface area contributed by atoms with E-state index in [4.69, 9.17) is 4.74 Å². The smallest absolute Gasteiger partial charge is 0.328 e. The van der Waals surface area contributed by atoms with E-state index in [9.17, 15) is 9.90 Å². The maximum Gasteiger partial charge on any atom is 0.328 e. The third-order valence-corrected chi connectivity index (χ3v) is 4.52. The number of anilines is 1. The SMILES string of the molecule is CC(C)c1ccc2c(c1)N(C(C)(C)C(=O)O)CC(C(C)C)O2. The molecule has 122 valence electrons. The van der Waals surface area contributed by atoms with Gasteiger partial charge >= 0.3 is 5.97 Å². The number of hydrogen-bond donors (Lipinski definition) is 1. The monoisotopic (exact) mass is 305 g/mol. The van der Waals surface area contributed by atoms with Crippen LogP contribution < -0.4 is 9.64 Å². The summed E-state index contributed by atoms with van der Waals surface area (Å²) in [6, 6.07) is 6.11. The van der Waals surface area contributed by atoms with Gasteiger partial charge in [-0.25, -0.2) is 4.79 Å². The first-order valence-corrected chi connectivity index (χ1v) is 7.96. The van der Waals surface area contributed by atoms with Gasteiger partial charge < -0.3 is 14.7 Å². The van der Waals surface area contributed by atoms with Gasteiger partial charge in [-0.3, -0.25) is 0 Å². The molecule has 1 unspecified atom stereocenters. The number of ether oxygens (including phenoxy) is 1. The minimum absolute atomic E-state index is 0.00368. The lowest BCUT2D eigenvalue weighted by molar-refractivity contribution is -0.142. The highest BCUT2D eigenvalue weighted by Gasteiger charge is 2.41. The van der Waals surface area contributed by atoms with Crippen LogP contribution in [0.25, 0.3) is 0 Å². The molecular formula is C18H27NO3. The number of rotatable bonds is 4. The lowest BCUT2D eigenvalue weighted by Gasteiger charge is -2.44. The molecule has 0 aliphatic carbocycles. The predicted octanol–water partition coefficient (Wildman–Crippen LogP) is 3.90. The molecule has 22 heavy (non-hydrogen) atoms. The van der Waals surface area contributed by atoms with Crippen LogP contribution in [0.2, 0.25) is 0 Å². The Morgan fingerprint density at radius 2 is 1.95 bits per heavy atom. The summed E-state index contributed by atoms with van der Waals surface area (Å²) in [6.45, 7) is 12.6. The molecule has 0 saturated heterocycles. The molecule has 1 atom stereocenters. The average Bonchev–Trinajstić information content (AvgIpc) is 2.44. The van der Waals surface area contributed by atoms with E-state index in [-0.39, 0.29) is 6.10 Å². The molecule has 0 saturated carbocycles. The molecule has 0 amide bonds. The van der Waals surface area contributed by atoms with Crippen LogP contribution >= 0.6 is 0 Å². The molecule has 0 radical (unpaired) electrons. The van der Waals surface area contributed by atoms with Crippen molar-refractivity contribution in [1.82, 2.24) is 0 Å². The largest absolute Gasteiger partial charge is 0.486 e. The summed E-state index contributed by atoms with van der Waals surface area (Å²) in [5, 5.41) is 9.64. The van der Waals surface area contributed by atoms with Crippen molar-refractivity contribution in [2.45, 2.75) is 59.1 Å². The number of hydrogen-bond acceptors (Lipinski definition) is 3. The highest BCUT2D eigenvalue weighted by atomic mass is 16.5. The number of nitrogens with zero attached hydrogens (tertiary/aromatic N) is 1. The molecule has 1 aliphatic rings. The minimum Gasteiger partial charge on any atom is -0.486 e. The van der Waals surface area contributed by atoms with Crippen LogP contribution in [0.15, 0.2) is 18.2 Å². The van der Waals surface area contributed by atoms with E-state index in [1.807, 2.05) is 11.0 Å². The summed E-state index contributed by atoms with van der Waals surface area (Å²) < 4.78 is 6.10. The molecule has 0 fully saturated rings. The van der Waals surface area contributed by atoms with Gasteiger partial charge in [0.1, 0.15) is 17.4 Å². The van der Waals surface area contributed by atoms with E-state index in [0.717, 1.165) is 11.4 Å². The van der Waals surface area contributed by atoms with Crippen molar-refractivity contribution < 1.29 is 14.6 Å². The van der Waals surface area contributed by atoms with E-state index in [2.05, 4.69) is 39.8 Å². The van der Waals surface area contributed by atoms with Crippen LogP contribution in [-0.2, 0) is 4.79 Å². The molecule has 1 N–H and O–H groups in total. The summed E-state index contributed by atoms with van der Waals surface area (Å²) in [6.07, 6.45) is -0.00368. The number of carboxylic acids is 1. The van der Waals surface area contributed by atoms with Gasteiger partial charge in [0.25, 0.3) is 0 Å². The van der Waals surface area contributed by atoms with Gasteiger partial charge in [-0.05, 0) is 43.4 Å². The standard InChI is InChI=1S/C18H27NO3/c1-11(2)13-7-8-15-14(9-13)19(18(5,6)17(20)21)10-16(22-15)12(3)4/h7-9,11-12,16H,10H2,1-6H3,(H,20,21). The average molecular weight is 305 g/mol. The number of fused-ring (bicyclic) bond motifs is 1. The molecule has 1 aromatic carbocycles. The van der Waals surface area contributed by atoms with Crippen LogP contribution in [0.5, 0.6) is 5.75 Å². The first-order valence-electron chi connectivity index (χ1n) is 7.96. The van der Waals surface area contributed by atoms with Crippen molar-refractivity contribution in [1.29, 1.82) is 0 Å². The van der Waals surface area contributed by atoms with Crippen LogP contribution in [0.3, 0.4) is 0 Å². The highest BCUT2D eigenvalue weighted by molar-refractivity contribution is 5.84. The second kappa shape index (κ2) is 5.82. The second-order valence-electron chi connectivity index (χ2n) is 7.26. The van der Waals surface area contributed by atoms with Gasteiger partial charge in [0, 0.05) is 0 Å². The second-order valence-corrected chi connectivity index (χ2v) is 7.26. The van der Waals surface area contributed by atoms with Crippen molar-refractivity contribution in [2.24, 2.45) is 5.92 Å². The van der Waals surface area contributed by atoms with Crippen molar-refractivity contribution in [2.75, 3.05) is 11.4 Å². The van der Waals surface area contributed by atoms with E-state index in [1.165, 1.54) is 5.56 Å². The van der Waals surface area contributed by atoms with Gasteiger partial charge in [-0.1, -0.05) is 33.8 Å². The molecule has 4 nitrogen and oxygen atoms in total. The Morgan fingerprint density at radius 1 is 1.32 bits per heavy atom. The fourth-order valence-electron chi connectivity index (χ4n) is 2.67. The Hall–Kier alpha value is -1.71. The Balaban J connectivity index is 2.53. The van der Waals surface area contributed by atoms with Crippen LogP contribution in [0.4, 0.5) is 5.69 Å². The lowest BCUT2D eigenvalue weighted by atomic mass is 9.94. The van der Waals surface area contributed by atoms with Crippen LogP contribution in [0, 0.1) is 5.92 Å². The molecule has 0 spiro atoms. The molecule has 1 heterocycles. The summed E-state index contributed by atoms with van der Waals surface area (Å²) in [4.78, 5) is 13.7. The zero-order valence-corrected chi connectivity index (χ0v) is 14.4. The number of benzene rings is 1. The Kier molecular flexibility index (Phi) is 4.41. The predicted molar refractivity (Wildman–Crippen MR) is 88.8 cm³/mol. The number of carboxylic acid groups (broad SMARTS) is 1. The van der Waals surface area contributed by atoms with Crippen LogP contribution in [0.1, 0.15) is 53.0 Å². The van der Waals surface area contributed by atoms with Gasteiger partial charge in [-0.2, -0.15) is 0 Å². The molecule has 0 bridgehead atoms. The highest BCUT2D eigenvalue weighted by Crippen LogP contribution is 2.40. The normalized spacial score (nSPS) is 18.4. The minimum atomic E-state index is -0.971. The molecule has 2 rings (SSSR count). The Morgan fingerprint density at radius 3 is 2.45 bits per heavy atom. The zero-order valence-electron chi connectivity index (χ0n) is 14.4.